The molecule has 7 nitrogen and oxygen atoms in total. The largest absolute Gasteiger partial charge is 0.463 e. The second-order valence-corrected chi connectivity index (χ2v) is 12.4. The lowest BCUT2D eigenvalue weighted by atomic mass is 9.93. The fourth-order valence-electron chi connectivity index (χ4n) is 5.43. The molecule has 212 valence electrons. The van der Waals surface area contributed by atoms with Gasteiger partial charge in [-0.3, -0.25) is 14.2 Å². The van der Waals surface area contributed by atoms with Crippen LogP contribution in [0.5, 0.6) is 0 Å². The highest BCUT2D eigenvalue weighted by molar-refractivity contribution is 9.10. The fourth-order valence-corrected chi connectivity index (χ4v) is 7.29. The molecular formula is C32H26BrN3O4S2. The summed E-state index contributed by atoms with van der Waals surface area (Å²) in [6.45, 7) is 4.29. The van der Waals surface area contributed by atoms with E-state index >= 15 is 0 Å². The van der Waals surface area contributed by atoms with Crippen molar-refractivity contribution < 1.29 is 14.3 Å². The van der Waals surface area contributed by atoms with Gasteiger partial charge in [-0.2, -0.15) is 0 Å². The van der Waals surface area contributed by atoms with Gasteiger partial charge in [0, 0.05) is 27.0 Å². The molecule has 0 N–H and O–H groups in total. The number of likely N-dealkylation sites (N-methyl/N-ethyl adjacent to an activating group) is 1. The Labute approximate surface area is 259 Å². The monoisotopic (exact) mass is 659 g/mol. The van der Waals surface area contributed by atoms with Crippen molar-refractivity contribution in [1.29, 1.82) is 0 Å². The third-order valence-corrected chi connectivity index (χ3v) is 9.59. The summed E-state index contributed by atoms with van der Waals surface area (Å²) in [5.74, 6) is -0.773. The quantitative estimate of drug-likeness (QED) is 0.211. The number of benzene rings is 3. The molecule has 3 aromatic carbocycles. The van der Waals surface area contributed by atoms with Gasteiger partial charge >= 0.3 is 5.97 Å². The number of halogens is 1. The molecule has 6 rings (SSSR count). The van der Waals surface area contributed by atoms with Crippen LogP contribution in [0.4, 0.5) is 5.69 Å². The number of carbonyl (C=O) groups is 2. The number of hydrogen-bond acceptors (Lipinski definition) is 7. The van der Waals surface area contributed by atoms with Gasteiger partial charge in [-0.1, -0.05) is 69.7 Å². The molecule has 0 spiro atoms. The van der Waals surface area contributed by atoms with Gasteiger partial charge in [-0.15, -0.1) is 11.8 Å². The molecule has 0 radical (unpaired) electrons. The van der Waals surface area contributed by atoms with Gasteiger partial charge in [0.2, 0.25) is 0 Å². The van der Waals surface area contributed by atoms with Gasteiger partial charge < -0.3 is 9.64 Å². The molecule has 1 atom stereocenters. The zero-order valence-electron chi connectivity index (χ0n) is 23.1. The van der Waals surface area contributed by atoms with Crippen molar-refractivity contribution in [3.05, 3.63) is 119 Å². The molecule has 2 aliphatic rings. The molecule has 3 heterocycles. The summed E-state index contributed by atoms with van der Waals surface area (Å²) in [4.78, 5) is 49.9. The van der Waals surface area contributed by atoms with Crippen LogP contribution in [0.1, 0.15) is 36.6 Å². The topological polar surface area (TPSA) is 81.0 Å². The van der Waals surface area contributed by atoms with Crippen LogP contribution >= 0.6 is 39.0 Å². The molecule has 4 aromatic rings. The van der Waals surface area contributed by atoms with E-state index in [2.05, 4.69) is 15.9 Å². The van der Waals surface area contributed by atoms with Crippen molar-refractivity contribution in [3.8, 4) is 0 Å². The maximum absolute atomic E-state index is 14.4. The van der Waals surface area contributed by atoms with Crippen molar-refractivity contribution in [1.82, 2.24) is 4.57 Å². The van der Waals surface area contributed by atoms with E-state index in [4.69, 9.17) is 9.73 Å². The molecular weight excluding hydrogens is 634 g/mol. The Morgan fingerprint density at radius 1 is 1.05 bits per heavy atom. The van der Waals surface area contributed by atoms with Crippen LogP contribution in [0.25, 0.3) is 11.3 Å². The van der Waals surface area contributed by atoms with Crippen LogP contribution in [0.3, 0.4) is 0 Å². The molecule has 0 saturated carbocycles. The maximum atomic E-state index is 14.4. The Balaban J connectivity index is 1.71. The molecule has 0 saturated heterocycles. The number of amides is 1. The zero-order chi connectivity index (χ0) is 29.5. The minimum atomic E-state index is -0.804. The number of nitrogens with zero attached hydrogens (tertiary/aromatic N) is 3. The first-order valence-corrected chi connectivity index (χ1v) is 16.3. The average Bonchev–Trinajstić information content (AvgIpc) is 3.47. The Bertz CT molecular complexity index is 1950. The van der Waals surface area contributed by atoms with E-state index in [0.29, 0.717) is 28.2 Å². The highest BCUT2D eigenvalue weighted by Gasteiger charge is 2.38. The zero-order valence-corrected chi connectivity index (χ0v) is 26.3. The molecule has 0 unspecified atom stereocenters. The van der Waals surface area contributed by atoms with Crippen LogP contribution < -0.4 is 19.8 Å². The summed E-state index contributed by atoms with van der Waals surface area (Å²) in [5, 5.41) is 0. The third-order valence-electron chi connectivity index (χ3n) is 7.30. The van der Waals surface area contributed by atoms with Crippen molar-refractivity contribution in [2.75, 3.05) is 24.3 Å². The Morgan fingerprint density at radius 3 is 2.45 bits per heavy atom. The molecule has 42 heavy (non-hydrogen) atoms. The molecule has 1 aromatic heterocycles. The molecule has 0 aliphatic carbocycles. The number of fused-ring (bicyclic) bond motifs is 2. The molecule has 10 heteroatoms. The summed E-state index contributed by atoms with van der Waals surface area (Å²) >= 11 is 6.30. The van der Waals surface area contributed by atoms with E-state index in [1.165, 1.54) is 11.3 Å². The van der Waals surface area contributed by atoms with Gasteiger partial charge in [-0.25, -0.2) is 9.79 Å². The maximum Gasteiger partial charge on any atom is 0.338 e. The Hall–Kier alpha value is -3.73. The molecule has 2 aliphatic heterocycles. The smallest absolute Gasteiger partial charge is 0.338 e. The van der Waals surface area contributed by atoms with Crippen molar-refractivity contribution >= 4 is 67.9 Å². The molecule has 0 bridgehead atoms. The number of esters is 1. The first-order chi connectivity index (χ1) is 20.4. The van der Waals surface area contributed by atoms with Gasteiger partial charge in [0.25, 0.3) is 11.5 Å². The van der Waals surface area contributed by atoms with E-state index in [1.54, 1.807) is 28.2 Å². The SMILES string of the molecule is CCOC(=O)C1=C(c2ccccc2)N=c2s/c(=C3/C(=O)N(CC)c4ccc(Br)cc43)c(=O)n2[C@@H]1c1ccc(SC)cc1. The Morgan fingerprint density at radius 2 is 1.79 bits per heavy atom. The predicted octanol–water partition coefficient (Wildman–Crippen LogP) is 5.16. The predicted molar refractivity (Wildman–Crippen MR) is 170 cm³/mol. The van der Waals surface area contributed by atoms with E-state index in [9.17, 15) is 14.4 Å². The van der Waals surface area contributed by atoms with Gasteiger partial charge in [-0.05, 0) is 56.0 Å². The number of carbonyl (C=O) groups excluding carboxylic acids is 2. The molecule has 1 amide bonds. The number of hydrogen-bond donors (Lipinski definition) is 0. The number of thiazole rings is 1. The first-order valence-electron chi connectivity index (χ1n) is 13.4. The van der Waals surface area contributed by atoms with E-state index in [0.717, 1.165) is 26.2 Å². The van der Waals surface area contributed by atoms with Crippen LogP contribution in [0, 0.1) is 0 Å². The lowest BCUT2D eigenvalue weighted by molar-refractivity contribution is -0.138. The summed E-state index contributed by atoms with van der Waals surface area (Å²) in [6.07, 6.45) is 1.99. The van der Waals surface area contributed by atoms with Crippen LogP contribution in [0.2, 0.25) is 0 Å². The van der Waals surface area contributed by atoms with Crippen LogP contribution in [-0.2, 0) is 14.3 Å². The van der Waals surface area contributed by atoms with Gasteiger partial charge in [0.15, 0.2) is 4.80 Å². The number of thioether (sulfide) groups is 1. The number of ether oxygens (including phenoxy) is 1. The van der Waals surface area contributed by atoms with Crippen molar-refractivity contribution in [2.24, 2.45) is 4.99 Å². The van der Waals surface area contributed by atoms with Gasteiger partial charge in [0.05, 0.1) is 35.2 Å². The van der Waals surface area contributed by atoms with E-state index in [-0.39, 0.29) is 28.2 Å². The minimum Gasteiger partial charge on any atom is -0.463 e. The number of rotatable bonds is 6. The summed E-state index contributed by atoms with van der Waals surface area (Å²) in [5.41, 5.74) is 3.61. The average molecular weight is 661 g/mol. The fraction of sp³-hybridized carbons (Fsp3) is 0.188. The normalized spacial score (nSPS) is 17.2. The van der Waals surface area contributed by atoms with Gasteiger partial charge in [0.1, 0.15) is 4.53 Å². The van der Waals surface area contributed by atoms with Crippen LogP contribution in [-0.4, -0.2) is 35.9 Å². The number of aromatic nitrogens is 1. The standard InChI is InChI=1S/C32H26BrN3O4S2/c1-4-35-23-16-13-20(33)17-22(23)24(29(35)37)28-30(38)36-27(19-11-14-21(41-3)15-12-19)25(31(39)40-5-2)26(34-32(36)42-28)18-9-7-6-8-10-18/h6-17,27H,4-5H2,1-3H3/b28-24+/t27-/m1/s1. The Kier molecular flexibility index (Phi) is 7.78. The second kappa shape index (κ2) is 11.5. The van der Waals surface area contributed by atoms with Crippen LogP contribution in [0.15, 0.2) is 97.5 Å². The van der Waals surface area contributed by atoms with Crippen molar-refractivity contribution in [3.63, 3.8) is 0 Å². The summed E-state index contributed by atoms with van der Waals surface area (Å²) in [7, 11) is 0. The summed E-state index contributed by atoms with van der Waals surface area (Å²) < 4.78 is 8.19. The van der Waals surface area contributed by atoms with Crippen molar-refractivity contribution in [2.45, 2.75) is 24.8 Å². The second-order valence-electron chi connectivity index (χ2n) is 9.61. The lowest BCUT2D eigenvalue weighted by Crippen LogP contribution is -2.41. The molecule has 0 fully saturated rings. The number of anilines is 1. The first kappa shape index (κ1) is 28.4. The highest BCUT2D eigenvalue weighted by atomic mass is 79.9. The highest BCUT2D eigenvalue weighted by Crippen LogP contribution is 2.38. The minimum absolute atomic E-state index is 0.171. The third kappa shape index (κ3) is 4.67. The summed E-state index contributed by atoms with van der Waals surface area (Å²) in [6, 6.07) is 22.1. The van der Waals surface area contributed by atoms with E-state index in [1.807, 2.05) is 86.0 Å². The van der Waals surface area contributed by atoms with E-state index < -0.39 is 12.0 Å². The lowest BCUT2D eigenvalue weighted by Gasteiger charge is -2.26.